The lowest BCUT2D eigenvalue weighted by Crippen LogP contribution is -2.34. The smallest absolute Gasteiger partial charge is 0.251 e. The summed E-state index contributed by atoms with van der Waals surface area (Å²) in [6.07, 6.45) is 2.45. The maximum absolute atomic E-state index is 11.9. The van der Waals surface area contributed by atoms with Gasteiger partial charge in [-0.2, -0.15) is 0 Å². The van der Waals surface area contributed by atoms with Crippen LogP contribution >= 0.6 is 0 Å². The van der Waals surface area contributed by atoms with Crippen molar-refractivity contribution in [2.75, 3.05) is 0 Å². The number of hydrogen-bond donors (Lipinski definition) is 1. The minimum atomic E-state index is -0.0186. The number of rotatable bonds is 4. The molecule has 84 valence electrons. The average molecular weight is 215 g/mol. The van der Waals surface area contributed by atoms with Crippen LogP contribution in [0.4, 0.5) is 0 Å². The van der Waals surface area contributed by atoms with E-state index in [0.717, 1.165) is 5.57 Å². The van der Waals surface area contributed by atoms with Crippen molar-refractivity contribution in [3.05, 3.63) is 48.0 Å². The van der Waals surface area contributed by atoms with E-state index in [0.29, 0.717) is 11.5 Å². The van der Waals surface area contributed by atoms with Crippen molar-refractivity contribution in [2.24, 2.45) is 5.92 Å². The fourth-order valence-electron chi connectivity index (χ4n) is 1.77. The first-order valence-electron chi connectivity index (χ1n) is 5.73. The Hall–Kier alpha value is -1.57. The van der Waals surface area contributed by atoms with Crippen LogP contribution in [0.3, 0.4) is 0 Å². The molecule has 1 saturated carbocycles. The van der Waals surface area contributed by atoms with E-state index >= 15 is 0 Å². The summed E-state index contributed by atoms with van der Waals surface area (Å²) in [4.78, 5) is 11.9. The molecule has 1 fully saturated rings. The standard InChI is InChI=1S/C14H17NO/c1-10(12-8-9-12)11(2)15-14(16)13-6-4-3-5-7-13/h3-7,11-12H,1,8-9H2,2H3,(H,15,16). The summed E-state index contributed by atoms with van der Waals surface area (Å²) in [5, 5.41) is 2.98. The van der Waals surface area contributed by atoms with Crippen LogP contribution in [-0.4, -0.2) is 11.9 Å². The monoisotopic (exact) mass is 215 g/mol. The second kappa shape index (κ2) is 4.52. The molecule has 1 aliphatic carbocycles. The molecule has 0 bridgehead atoms. The molecule has 1 aromatic carbocycles. The van der Waals surface area contributed by atoms with Gasteiger partial charge in [-0.05, 0) is 37.8 Å². The highest BCUT2D eigenvalue weighted by Crippen LogP contribution is 2.36. The van der Waals surface area contributed by atoms with Crippen molar-refractivity contribution >= 4 is 5.91 Å². The van der Waals surface area contributed by atoms with E-state index in [1.807, 2.05) is 37.3 Å². The van der Waals surface area contributed by atoms with Gasteiger partial charge in [0.2, 0.25) is 0 Å². The fraction of sp³-hybridized carbons (Fsp3) is 0.357. The average Bonchev–Trinajstić information content (AvgIpc) is 3.13. The van der Waals surface area contributed by atoms with Gasteiger partial charge >= 0.3 is 0 Å². The molecule has 16 heavy (non-hydrogen) atoms. The molecule has 2 nitrogen and oxygen atoms in total. The lowest BCUT2D eigenvalue weighted by Gasteiger charge is -2.16. The molecule has 2 heteroatoms. The van der Waals surface area contributed by atoms with Gasteiger partial charge in [0.05, 0.1) is 0 Å². The van der Waals surface area contributed by atoms with Gasteiger partial charge in [0, 0.05) is 11.6 Å². The van der Waals surface area contributed by atoms with E-state index in [2.05, 4.69) is 11.9 Å². The Morgan fingerprint density at radius 1 is 1.38 bits per heavy atom. The molecule has 2 rings (SSSR count). The Morgan fingerprint density at radius 3 is 2.56 bits per heavy atom. The van der Waals surface area contributed by atoms with Crippen LogP contribution in [0, 0.1) is 5.92 Å². The first-order chi connectivity index (χ1) is 7.68. The van der Waals surface area contributed by atoms with Gasteiger partial charge in [0.1, 0.15) is 0 Å². The van der Waals surface area contributed by atoms with E-state index in [4.69, 9.17) is 0 Å². The Morgan fingerprint density at radius 2 is 2.00 bits per heavy atom. The molecular weight excluding hydrogens is 198 g/mol. The fourth-order valence-corrected chi connectivity index (χ4v) is 1.77. The van der Waals surface area contributed by atoms with Gasteiger partial charge in [0.25, 0.3) is 5.91 Å². The number of amides is 1. The van der Waals surface area contributed by atoms with Crippen LogP contribution in [0.15, 0.2) is 42.5 Å². The third-order valence-electron chi connectivity index (χ3n) is 3.04. The Labute approximate surface area is 96.4 Å². The van der Waals surface area contributed by atoms with Gasteiger partial charge in [-0.1, -0.05) is 30.4 Å². The van der Waals surface area contributed by atoms with E-state index in [9.17, 15) is 4.79 Å². The highest BCUT2D eigenvalue weighted by Gasteiger charge is 2.28. The topological polar surface area (TPSA) is 29.1 Å². The minimum absolute atomic E-state index is 0.0186. The molecule has 1 atom stereocenters. The lowest BCUT2D eigenvalue weighted by atomic mass is 10.1. The summed E-state index contributed by atoms with van der Waals surface area (Å²) in [7, 11) is 0. The summed E-state index contributed by atoms with van der Waals surface area (Å²) < 4.78 is 0. The second-order valence-corrected chi connectivity index (χ2v) is 4.41. The lowest BCUT2D eigenvalue weighted by molar-refractivity contribution is 0.0944. The summed E-state index contributed by atoms with van der Waals surface area (Å²) >= 11 is 0. The Bertz CT molecular complexity index is 392. The minimum Gasteiger partial charge on any atom is -0.346 e. The highest BCUT2D eigenvalue weighted by atomic mass is 16.1. The van der Waals surface area contributed by atoms with Crippen molar-refractivity contribution in [2.45, 2.75) is 25.8 Å². The molecule has 0 spiro atoms. The van der Waals surface area contributed by atoms with Crippen molar-refractivity contribution in [1.82, 2.24) is 5.32 Å². The van der Waals surface area contributed by atoms with Gasteiger partial charge in [-0.3, -0.25) is 4.79 Å². The molecule has 0 heterocycles. The summed E-state index contributed by atoms with van der Waals surface area (Å²) in [6.45, 7) is 6.05. The summed E-state index contributed by atoms with van der Waals surface area (Å²) in [5.74, 6) is 0.612. The van der Waals surface area contributed by atoms with Crippen molar-refractivity contribution < 1.29 is 4.79 Å². The van der Waals surface area contributed by atoms with Crippen LogP contribution < -0.4 is 5.32 Å². The Kier molecular flexibility index (Phi) is 3.09. The van der Waals surface area contributed by atoms with Gasteiger partial charge in [-0.15, -0.1) is 0 Å². The highest BCUT2D eigenvalue weighted by molar-refractivity contribution is 5.94. The predicted octanol–water partition coefficient (Wildman–Crippen LogP) is 2.77. The number of benzene rings is 1. The number of carbonyl (C=O) groups is 1. The van der Waals surface area contributed by atoms with E-state index in [-0.39, 0.29) is 11.9 Å². The molecule has 1 aliphatic rings. The van der Waals surface area contributed by atoms with Gasteiger partial charge < -0.3 is 5.32 Å². The number of carbonyl (C=O) groups excluding carboxylic acids is 1. The van der Waals surface area contributed by atoms with Gasteiger partial charge in [-0.25, -0.2) is 0 Å². The van der Waals surface area contributed by atoms with Crippen LogP contribution in [0.5, 0.6) is 0 Å². The van der Waals surface area contributed by atoms with E-state index in [1.165, 1.54) is 12.8 Å². The summed E-state index contributed by atoms with van der Waals surface area (Å²) in [5.41, 5.74) is 1.86. The molecule has 0 aromatic heterocycles. The van der Waals surface area contributed by atoms with E-state index < -0.39 is 0 Å². The SMILES string of the molecule is C=C(C1CC1)C(C)NC(=O)c1ccccc1. The first-order valence-corrected chi connectivity index (χ1v) is 5.73. The third-order valence-corrected chi connectivity index (χ3v) is 3.04. The van der Waals surface area contributed by atoms with Crippen LogP contribution in [-0.2, 0) is 0 Å². The van der Waals surface area contributed by atoms with Crippen molar-refractivity contribution in [3.8, 4) is 0 Å². The maximum atomic E-state index is 11.9. The molecule has 0 radical (unpaired) electrons. The van der Waals surface area contributed by atoms with Crippen LogP contribution in [0.1, 0.15) is 30.1 Å². The normalized spacial score (nSPS) is 16.6. The zero-order chi connectivity index (χ0) is 11.5. The molecule has 1 N–H and O–H groups in total. The third kappa shape index (κ3) is 2.51. The molecule has 1 amide bonds. The molecule has 0 saturated heterocycles. The largest absolute Gasteiger partial charge is 0.346 e. The van der Waals surface area contributed by atoms with Crippen molar-refractivity contribution in [1.29, 1.82) is 0 Å². The van der Waals surface area contributed by atoms with Gasteiger partial charge in [0.15, 0.2) is 0 Å². The Balaban J connectivity index is 1.94. The molecule has 0 aliphatic heterocycles. The second-order valence-electron chi connectivity index (χ2n) is 4.41. The zero-order valence-electron chi connectivity index (χ0n) is 9.57. The molecular formula is C14H17NO. The quantitative estimate of drug-likeness (QED) is 0.769. The number of hydrogen-bond acceptors (Lipinski definition) is 1. The predicted molar refractivity (Wildman–Crippen MR) is 65.2 cm³/mol. The van der Waals surface area contributed by atoms with Crippen LogP contribution in [0.2, 0.25) is 0 Å². The van der Waals surface area contributed by atoms with Crippen molar-refractivity contribution in [3.63, 3.8) is 0 Å². The molecule has 1 aromatic rings. The van der Waals surface area contributed by atoms with Crippen LogP contribution in [0.25, 0.3) is 0 Å². The molecule has 1 unspecified atom stereocenters. The van der Waals surface area contributed by atoms with E-state index in [1.54, 1.807) is 0 Å². The first kappa shape index (κ1) is 10.9. The maximum Gasteiger partial charge on any atom is 0.251 e. The summed E-state index contributed by atoms with van der Waals surface area (Å²) in [6, 6.07) is 9.36. The zero-order valence-corrected chi connectivity index (χ0v) is 9.57. The number of nitrogens with one attached hydrogen (secondary N) is 1.